The van der Waals surface area contributed by atoms with Crippen LogP contribution in [0.5, 0.6) is 0 Å². The average Bonchev–Trinajstić information content (AvgIpc) is 3.71. The SMILES string of the molecule is NC1C=CC=C/C1=C(/N=Cn1c2ccccc2c2c3ccc4c(c3ccc21)C(c1ccccc1)(c1ccccc1)c1ccccc1-4)c1ccccc1. The molecule has 0 fully saturated rings. The number of hydrogen-bond acceptors (Lipinski definition) is 2. The fraction of sp³-hybridized carbons (Fsp3) is 0.0408. The minimum atomic E-state index is -0.487. The highest BCUT2D eigenvalue weighted by Crippen LogP contribution is 2.58. The predicted molar refractivity (Wildman–Crippen MR) is 218 cm³/mol. The lowest BCUT2D eigenvalue weighted by Gasteiger charge is -2.34. The van der Waals surface area contributed by atoms with Gasteiger partial charge < -0.3 is 5.73 Å². The highest BCUT2D eigenvalue weighted by Gasteiger charge is 2.47. The molecule has 0 radical (unpaired) electrons. The van der Waals surface area contributed by atoms with Crippen LogP contribution >= 0.6 is 0 Å². The van der Waals surface area contributed by atoms with Crippen molar-refractivity contribution in [1.82, 2.24) is 4.57 Å². The van der Waals surface area contributed by atoms with Crippen molar-refractivity contribution in [3.05, 3.63) is 221 Å². The molecule has 2 N–H and O–H groups in total. The number of hydrogen-bond donors (Lipinski definition) is 1. The number of aromatic nitrogens is 1. The zero-order valence-electron chi connectivity index (χ0n) is 28.5. The quantitative estimate of drug-likeness (QED) is 0.144. The average molecular weight is 666 g/mol. The van der Waals surface area contributed by atoms with Crippen molar-refractivity contribution < 1.29 is 0 Å². The molecule has 3 nitrogen and oxygen atoms in total. The van der Waals surface area contributed by atoms with Gasteiger partial charge in [-0.25, -0.2) is 4.99 Å². The van der Waals surface area contributed by atoms with Crippen LogP contribution in [0.1, 0.15) is 27.8 Å². The number of para-hydroxylation sites is 1. The summed E-state index contributed by atoms with van der Waals surface area (Å²) in [6, 6.07) is 59.1. The molecule has 1 unspecified atom stereocenters. The second-order valence-corrected chi connectivity index (χ2v) is 13.6. The van der Waals surface area contributed by atoms with E-state index in [4.69, 9.17) is 10.7 Å². The molecule has 0 saturated heterocycles. The van der Waals surface area contributed by atoms with Gasteiger partial charge in [0.1, 0.15) is 6.34 Å². The van der Waals surface area contributed by atoms with Crippen LogP contribution in [0.3, 0.4) is 0 Å². The molecule has 1 atom stereocenters. The number of nitrogens with zero attached hydrogens (tertiary/aromatic N) is 2. The second kappa shape index (κ2) is 12.1. The molecule has 7 aromatic carbocycles. The molecule has 1 heterocycles. The Balaban J connectivity index is 1.27. The zero-order chi connectivity index (χ0) is 34.6. The molecule has 3 heteroatoms. The van der Waals surface area contributed by atoms with Gasteiger partial charge in [-0.1, -0.05) is 176 Å². The molecule has 0 spiro atoms. The first-order chi connectivity index (χ1) is 25.7. The van der Waals surface area contributed by atoms with E-state index in [2.05, 4.69) is 156 Å². The Kier molecular flexibility index (Phi) is 7.02. The van der Waals surface area contributed by atoms with Crippen molar-refractivity contribution in [2.24, 2.45) is 10.7 Å². The van der Waals surface area contributed by atoms with Gasteiger partial charge in [0.15, 0.2) is 0 Å². The van der Waals surface area contributed by atoms with Crippen LogP contribution in [0.15, 0.2) is 199 Å². The second-order valence-electron chi connectivity index (χ2n) is 13.6. The van der Waals surface area contributed by atoms with Crippen LogP contribution in [-0.2, 0) is 5.41 Å². The van der Waals surface area contributed by atoms with Crippen molar-refractivity contribution in [1.29, 1.82) is 0 Å². The normalized spacial score (nSPS) is 16.9. The molecule has 246 valence electrons. The van der Waals surface area contributed by atoms with E-state index in [1.165, 1.54) is 54.9 Å². The van der Waals surface area contributed by atoms with E-state index in [0.717, 1.165) is 27.9 Å². The van der Waals surface area contributed by atoms with Gasteiger partial charge in [-0.3, -0.25) is 4.57 Å². The topological polar surface area (TPSA) is 43.3 Å². The molecule has 52 heavy (non-hydrogen) atoms. The van der Waals surface area contributed by atoms with Crippen LogP contribution in [0.25, 0.3) is 49.4 Å². The molecular weight excluding hydrogens is 631 g/mol. The summed E-state index contributed by atoms with van der Waals surface area (Å²) in [5.41, 5.74) is 19.0. The third-order valence-corrected chi connectivity index (χ3v) is 11.0. The number of benzene rings is 7. The molecule has 0 bridgehead atoms. The molecule has 2 aliphatic rings. The lowest BCUT2D eigenvalue weighted by molar-refractivity contribution is 0.775. The fourth-order valence-corrected chi connectivity index (χ4v) is 8.80. The van der Waals surface area contributed by atoms with Crippen LogP contribution in [0.2, 0.25) is 0 Å². The zero-order valence-corrected chi connectivity index (χ0v) is 28.5. The molecular formula is C49H35N3. The Morgan fingerprint density at radius 2 is 1.23 bits per heavy atom. The lowest BCUT2D eigenvalue weighted by Crippen LogP contribution is -2.28. The molecule has 2 aliphatic carbocycles. The summed E-state index contributed by atoms with van der Waals surface area (Å²) in [6.07, 6.45) is 10.1. The van der Waals surface area contributed by atoms with Crippen molar-refractivity contribution >= 4 is 44.6 Å². The van der Waals surface area contributed by atoms with Crippen molar-refractivity contribution in [2.45, 2.75) is 11.5 Å². The molecule has 0 amide bonds. The first-order valence-electron chi connectivity index (χ1n) is 17.9. The Hall–Kier alpha value is -6.55. The van der Waals surface area contributed by atoms with Crippen LogP contribution in [0.4, 0.5) is 0 Å². The van der Waals surface area contributed by atoms with E-state index in [9.17, 15) is 0 Å². The monoisotopic (exact) mass is 665 g/mol. The van der Waals surface area contributed by atoms with E-state index in [1.54, 1.807) is 0 Å². The lowest BCUT2D eigenvalue weighted by atomic mass is 9.66. The highest BCUT2D eigenvalue weighted by atomic mass is 15.0. The van der Waals surface area contributed by atoms with Crippen LogP contribution in [-0.4, -0.2) is 16.9 Å². The van der Waals surface area contributed by atoms with E-state index < -0.39 is 5.41 Å². The Labute approximate surface area is 303 Å². The predicted octanol–water partition coefficient (Wildman–Crippen LogP) is 11.1. The molecule has 10 rings (SSSR count). The highest BCUT2D eigenvalue weighted by molar-refractivity contribution is 6.24. The largest absolute Gasteiger partial charge is 0.321 e. The summed E-state index contributed by atoms with van der Waals surface area (Å²) in [5.74, 6) is 0. The first-order valence-corrected chi connectivity index (χ1v) is 17.9. The first kappa shape index (κ1) is 30.3. The van der Waals surface area contributed by atoms with Gasteiger partial charge in [0.25, 0.3) is 0 Å². The fourth-order valence-electron chi connectivity index (χ4n) is 8.80. The standard InChI is InChI=1S/C49H35N3/c50-43-26-14-11-23-40(43)48(33-16-4-1-5-17-33)51-32-52-44-27-15-12-24-41(44)46-37-28-29-38-36-22-10-13-25-42(36)49(34-18-6-2-7-19-34,35-20-8-3-9-21-35)47(38)39(37)30-31-45(46)52/h1-32,43H,50H2/b48-40-,51-32?. The van der Waals surface area contributed by atoms with E-state index in [-0.39, 0.29) is 6.04 Å². The summed E-state index contributed by atoms with van der Waals surface area (Å²) in [4.78, 5) is 5.23. The number of rotatable bonds is 5. The maximum atomic E-state index is 6.62. The number of nitrogens with two attached hydrogens (primary N) is 1. The third-order valence-electron chi connectivity index (χ3n) is 11.0. The molecule has 8 aromatic rings. The minimum Gasteiger partial charge on any atom is -0.321 e. The van der Waals surface area contributed by atoms with Gasteiger partial charge in [-0.15, -0.1) is 0 Å². The van der Waals surface area contributed by atoms with Gasteiger partial charge in [-0.05, 0) is 61.9 Å². The Morgan fingerprint density at radius 3 is 1.98 bits per heavy atom. The van der Waals surface area contributed by atoms with E-state index in [1.807, 2.05) is 42.8 Å². The van der Waals surface area contributed by atoms with Gasteiger partial charge in [0.2, 0.25) is 0 Å². The van der Waals surface area contributed by atoms with E-state index >= 15 is 0 Å². The van der Waals surface area contributed by atoms with Crippen LogP contribution in [0, 0.1) is 0 Å². The van der Waals surface area contributed by atoms with Gasteiger partial charge >= 0.3 is 0 Å². The molecule has 1 aromatic heterocycles. The Bertz CT molecular complexity index is 2740. The van der Waals surface area contributed by atoms with Gasteiger partial charge in [-0.2, -0.15) is 0 Å². The summed E-state index contributed by atoms with van der Waals surface area (Å²) in [5, 5.41) is 4.90. The number of allylic oxidation sites excluding steroid dienone is 2. The van der Waals surface area contributed by atoms with Crippen molar-refractivity contribution in [2.75, 3.05) is 0 Å². The number of fused-ring (bicyclic) bond motifs is 9. The minimum absolute atomic E-state index is 0.236. The summed E-state index contributed by atoms with van der Waals surface area (Å²) in [6.45, 7) is 0. The van der Waals surface area contributed by atoms with Crippen molar-refractivity contribution in [3.63, 3.8) is 0 Å². The van der Waals surface area contributed by atoms with Crippen molar-refractivity contribution in [3.8, 4) is 11.1 Å². The molecule has 0 saturated carbocycles. The summed E-state index contributed by atoms with van der Waals surface area (Å²) >= 11 is 0. The van der Waals surface area contributed by atoms with Gasteiger partial charge in [0.05, 0.1) is 28.2 Å². The summed E-state index contributed by atoms with van der Waals surface area (Å²) < 4.78 is 2.24. The Morgan fingerprint density at radius 1 is 0.577 bits per heavy atom. The number of aliphatic imine (C=N–C) groups is 1. The third kappa shape index (κ3) is 4.40. The van der Waals surface area contributed by atoms with Gasteiger partial charge in [0, 0.05) is 16.3 Å². The van der Waals surface area contributed by atoms with Crippen LogP contribution < -0.4 is 5.73 Å². The molecule has 0 aliphatic heterocycles. The summed E-state index contributed by atoms with van der Waals surface area (Å²) in [7, 11) is 0. The van der Waals surface area contributed by atoms with E-state index in [0.29, 0.717) is 0 Å². The smallest absolute Gasteiger partial charge is 0.100 e. The maximum absolute atomic E-state index is 6.62. The maximum Gasteiger partial charge on any atom is 0.100 e.